The number of carboxylic acid groups (broad SMARTS) is 1. The molecule has 3 aliphatic rings. The van der Waals surface area contributed by atoms with Gasteiger partial charge in [0.15, 0.2) is 6.29 Å². The second-order valence-electron chi connectivity index (χ2n) is 12.1. The normalized spacial score (nSPS) is 40.5. The summed E-state index contributed by atoms with van der Waals surface area (Å²) < 4.78 is 33.5. The van der Waals surface area contributed by atoms with Gasteiger partial charge in [-0.1, -0.05) is 30.0 Å². The highest BCUT2D eigenvalue weighted by molar-refractivity contribution is 7.99. The molecule has 1 aromatic rings. The fourth-order valence-corrected chi connectivity index (χ4v) is 7.17. The van der Waals surface area contributed by atoms with Gasteiger partial charge in [-0.25, -0.2) is 4.79 Å². The predicted molar refractivity (Wildman–Crippen MR) is 165 cm³/mol. The lowest BCUT2D eigenvalue weighted by Crippen LogP contribution is -2.70. The Labute approximate surface area is 290 Å². The van der Waals surface area contributed by atoms with Gasteiger partial charge in [-0.3, -0.25) is 4.79 Å². The quantitative estimate of drug-likeness (QED) is 0.0853. The van der Waals surface area contributed by atoms with Crippen LogP contribution in [0.1, 0.15) is 13.3 Å². The number of benzene rings is 1. The Balaban J connectivity index is 1.54. The van der Waals surface area contributed by atoms with Crippen LogP contribution in [0.3, 0.4) is 0 Å². The highest BCUT2D eigenvalue weighted by atomic mass is 32.2. The zero-order valence-electron chi connectivity index (χ0n) is 27.0. The maximum absolute atomic E-state index is 12.7. The van der Waals surface area contributed by atoms with Crippen molar-refractivity contribution >= 4 is 23.6 Å². The molecule has 50 heavy (non-hydrogen) atoms. The average molecular weight is 740 g/mol. The molecule has 3 aliphatic heterocycles. The van der Waals surface area contributed by atoms with Gasteiger partial charge in [0.1, 0.15) is 72.6 Å². The molecule has 1 aromatic carbocycles. The minimum atomic E-state index is -2.91. The van der Waals surface area contributed by atoms with Crippen molar-refractivity contribution in [3.8, 4) is 0 Å². The van der Waals surface area contributed by atoms with Crippen molar-refractivity contribution in [2.75, 3.05) is 26.9 Å². The number of rotatable bonds is 14. The van der Waals surface area contributed by atoms with Gasteiger partial charge in [0, 0.05) is 25.3 Å². The summed E-state index contributed by atoms with van der Waals surface area (Å²) in [4.78, 5) is 25.3. The van der Waals surface area contributed by atoms with E-state index in [1.807, 2.05) is 0 Å². The number of amides is 1. The van der Waals surface area contributed by atoms with Gasteiger partial charge in [0.2, 0.25) is 5.91 Å². The molecule has 3 heterocycles. The third-order valence-electron chi connectivity index (χ3n) is 8.72. The van der Waals surface area contributed by atoms with E-state index in [9.17, 15) is 60.7 Å². The number of ether oxygens (including phenoxy) is 6. The summed E-state index contributed by atoms with van der Waals surface area (Å²) in [5, 5.41) is 109. The molecule has 20 heteroatoms. The minimum Gasteiger partial charge on any atom is -0.477 e. The number of aliphatic hydroxyl groups excluding tert-OH is 9. The van der Waals surface area contributed by atoms with E-state index in [4.69, 9.17) is 28.4 Å². The predicted octanol–water partition coefficient (Wildman–Crippen LogP) is -4.77. The van der Waals surface area contributed by atoms with E-state index in [1.54, 1.807) is 30.3 Å². The lowest BCUT2D eigenvalue weighted by Gasteiger charge is -2.50. The lowest BCUT2D eigenvalue weighted by atomic mass is 9.88. The number of aliphatic carboxylic acids is 1. The van der Waals surface area contributed by atoms with Crippen LogP contribution in [0.2, 0.25) is 0 Å². The van der Waals surface area contributed by atoms with Gasteiger partial charge < -0.3 is 84.8 Å². The Kier molecular flexibility index (Phi) is 14.3. The molecular formula is C30H45NO18S. The zero-order chi connectivity index (χ0) is 36.9. The van der Waals surface area contributed by atoms with Crippen LogP contribution in [0.15, 0.2) is 35.2 Å². The van der Waals surface area contributed by atoms with E-state index in [-0.39, 0.29) is 0 Å². The molecule has 0 aromatic heterocycles. The van der Waals surface area contributed by atoms with Crippen LogP contribution in [0.4, 0.5) is 0 Å². The summed E-state index contributed by atoms with van der Waals surface area (Å²) in [5.74, 6) is -5.47. The number of hydrogen-bond donors (Lipinski definition) is 11. The molecule has 3 saturated heterocycles. The third-order valence-corrected chi connectivity index (χ3v) is 9.89. The summed E-state index contributed by atoms with van der Waals surface area (Å²) in [6.07, 6.45) is -23.4. The molecule has 0 unspecified atom stereocenters. The summed E-state index contributed by atoms with van der Waals surface area (Å²) in [5.41, 5.74) is -1.04. The molecule has 4 rings (SSSR count). The van der Waals surface area contributed by atoms with Crippen LogP contribution in [0.25, 0.3) is 0 Å². The van der Waals surface area contributed by atoms with E-state index in [0.29, 0.717) is 4.90 Å². The third kappa shape index (κ3) is 8.74. The Morgan fingerprint density at radius 3 is 2.14 bits per heavy atom. The highest BCUT2D eigenvalue weighted by Gasteiger charge is 2.60. The fraction of sp³-hybridized carbons (Fsp3) is 0.733. The SMILES string of the molecule is CO[C@H](CO)[C@@H](O)[C@@H]1O[C@@](O[C@@H]2[C@H](O)[C@@H](O)[C@H](O[C@H]3[C@H](O)[C@@H](O)[C@H](Sc4ccccc4)O[C@@H]3CO)O[C@@H]2CO)(C(=O)O)C[C@H](O)[C@H]1NC(C)=O. The molecule has 19 nitrogen and oxygen atoms in total. The molecule has 16 atom stereocenters. The molecule has 11 N–H and O–H groups in total. The molecule has 3 fully saturated rings. The van der Waals surface area contributed by atoms with Crippen molar-refractivity contribution in [1.82, 2.24) is 5.32 Å². The van der Waals surface area contributed by atoms with Gasteiger partial charge in [-0.2, -0.15) is 0 Å². The molecule has 0 bridgehead atoms. The molecular weight excluding hydrogens is 694 g/mol. The molecule has 0 saturated carbocycles. The van der Waals surface area contributed by atoms with Crippen LogP contribution in [0, 0.1) is 0 Å². The monoisotopic (exact) mass is 739 g/mol. The summed E-state index contributed by atoms with van der Waals surface area (Å²) >= 11 is 1.07. The molecule has 0 aliphatic carbocycles. The first-order valence-electron chi connectivity index (χ1n) is 15.7. The first-order chi connectivity index (χ1) is 23.7. The second kappa shape index (κ2) is 17.6. The maximum atomic E-state index is 12.7. The summed E-state index contributed by atoms with van der Waals surface area (Å²) in [6, 6.07) is 7.34. The number of carbonyl (C=O) groups excluding carboxylic acids is 1. The number of carbonyl (C=O) groups is 2. The molecule has 284 valence electrons. The highest BCUT2D eigenvalue weighted by Crippen LogP contribution is 2.39. The van der Waals surface area contributed by atoms with E-state index < -0.39 is 135 Å². The molecule has 0 radical (unpaired) electrons. The van der Waals surface area contributed by atoms with Crippen LogP contribution < -0.4 is 5.32 Å². The Morgan fingerprint density at radius 2 is 1.58 bits per heavy atom. The Bertz CT molecular complexity index is 1240. The van der Waals surface area contributed by atoms with Gasteiger partial charge in [0.05, 0.1) is 32.0 Å². The topological polar surface area (TPSA) is 304 Å². The number of nitrogens with one attached hydrogen (secondary N) is 1. The summed E-state index contributed by atoms with van der Waals surface area (Å²) in [6.45, 7) is -1.38. The van der Waals surface area contributed by atoms with E-state index >= 15 is 0 Å². The van der Waals surface area contributed by atoms with Crippen LogP contribution in [-0.4, -0.2) is 187 Å². The minimum absolute atomic E-state index is 0.683. The fourth-order valence-electron chi connectivity index (χ4n) is 6.09. The largest absolute Gasteiger partial charge is 0.477 e. The van der Waals surface area contributed by atoms with Crippen LogP contribution >= 0.6 is 11.8 Å². The number of hydrogen-bond acceptors (Lipinski definition) is 18. The average Bonchev–Trinajstić information content (AvgIpc) is 3.09. The van der Waals surface area contributed by atoms with Gasteiger partial charge in [-0.05, 0) is 12.1 Å². The van der Waals surface area contributed by atoms with Crippen molar-refractivity contribution < 1.29 is 89.1 Å². The van der Waals surface area contributed by atoms with Gasteiger partial charge >= 0.3 is 5.97 Å². The molecule has 1 amide bonds. The van der Waals surface area contributed by atoms with Gasteiger partial charge in [-0.15, -0.1) is 0 Å². The zero-order valence-corrected chi connectivity index (χ0v) is 27.8. The number of carboxylic acids is 1. The van der Waals surface area contributed by atoms with Crippen molar-refractivity contribution in [2.45, 2.75) is 115 Å². The lowest BCUT2D eigenvalue weighted by molar-refractivity contribution is -0.379. The molecule has 0 spiro atoms. The Morgan fingerprint density at radius 1 is 0.960 bits per heavy atom. The van der Waals surface area contributed by atoms with Crippen LogP contribution in [-0.2, 0) is 38.0 Å². The maximum Gasteiger partial charge on any atom is 0.364 e. The van der Waals surface area contributed by atoms with Crippen molar-refractivity contribution in [1.29, 1.82) is 0 Å². The van der Waals surface area contributed by atoms with Crippen LogP contribution in [0.5, 0.6) is 0 Å². The number of aliphatic hydroxyl groups is 9. The first kappa shape index (κ1) is 40.7. The number of thioether (sulfide) groups is 1. The van der Waals surface area contributed by atoms with Gasteiger partial charge in [0.25, 0.3) is 5.79 Å². The standard InChI is InChI=1S/C30H45NO18S/c1-12(35)31-18-14(36)8-30(29(42)43,49-26(18)19(37)15(9-32)44-2)48-25-17(11-34)45-27(22(40)20(25)38)47-24-16(10-33)46-28(23(41)21(24)39)50-13-6-4-3-5-7-13/h3-7,14-28,32-34,36-41H,8-11H2,1-2H3,(H,31,35)(H,42,43)/t14-,15+,16+,17+,18+,19+,20+,21+,22+,23+,24+,25-,26+,27-,28-,30+/m0/s1. The summed E-state index contributed by atoms with van der Waals surface area (Å²) in [7, 11) is 1.13. The second-order valence-corrected chi connectivity index (χ2v) is 13.3. The van der Waals surface area contributed by atoms with Crippen molar-refractivity contribution in [2.24, 2.45) is 0 Å². The van der Waals surface area contributed by atoms with E-state index in [2.05, 4.69) is 5.32 Å². The number of methoxy groups -OCH3 is 1. The smallest absolute Gasteiger partial charge is 0.364 e. The van der Waals surface area contributed by atoms with E-state index in [1.165, 1.54) is 0 Å². The van der Waals surface area contributed by atoms with Crippen molar-refractivity contribution in [3.05, 3.63) is 30.3 Å². The van der Waals surface area contributed by atoms with E-state index in [0.717, 1.165) is 25.8 Å². The first-order valence-corrected chi connectivity index (χ1v) is 16.6. The Hall–Kier alpha value is -2.09. The van der Waals surface area contributed by atoms with Crippen molar-refractivity contribution in [3.63, 3.8) is 0 Å².